The smallest absolute Gasteiger partial charge is 0.146 e. The fraction of sp³-hybridized carbons (Fsp3) is 0.600. The molecule has 0 saturated carbocycles. The molecule has 0 fully saturated rings. The topological polar surface area (TPSA) is 49.5 Å². The maximum Gasteiger partial charge on any atom is 0.146 e. The fourth-order valence-corrected chi connectivity index (χ4v) is 2.11. The monoisotopic (exact) mass is 268 g/mol. The minimum atomic E-state index is -0.171. The van der Waals surface area contributed by atoms with E-state index in [4.69, 9.17) is 10.8 Å². The minimum absolute atomic E-state index is 0.171. The summed E-state index contributed by atoms with van der Waals surface area (Å²) in [5, 5.41) is 8.73. The van der Waals surface area contributed by atoms with Crippen molar-refractivity contribution >= 4 is 5.69 Å². The number of aliphatic hydroxyl groups excluding tert-OH is 1. The van der Waals surface area contributed by atoms with Crippen molar-refractivity contribution in [1.29, 1.82) is 0 Å². The van der Waals surface area contributed by atoms with Crippen LogP contribution in [0, 0.1) is 5.82 Å². The van der Waals surface area contributed by atoms with E-state index >= 15 is 0 Å². The van der Waals surface area contributed by atoms with Gasteiger partial charge in [-0.1, -0.05) is 25.0 Å². The lowest BCUT2D eigenvalue weighted by Gasteiger charge is -2.25. The first-order chi connectivity index (χ1) is 9.29. The Balaban J connectivity index is 2.49. The summed E-state index contributed by atoms with van der Waals surface area (Å²) in [4.78, 5) is 2.07. The summed E-state index contributed by atoms with van der Waals surface area (Å²) in [6, 6.07) is 6.89. The van der Waals surface area contributed by atoms with E-state index in [0.717, 1.165) is 45.2 Å². The Morgan fingerprint density at radius 2 is 1.68 bits per heavy atom. The van der Waals surface area contributed by atoms with Crippen LogP contribution in [0.3, 0.4) is 0 Å². The van der Waals surface area contributed by atoms with Gasteiger partial charge in [0.1, 0.15) is 5.82 Å². The average molecular weight is 268 g/mol. The van der Waals surface area contributed by atoms with E-state index in [1.165, 1.54) is 6.07 Å². The lowest BCUT2D eigenvalue weighted by molar-refractivity contribution is 0.282. The van der Waals surface area contributed by atoms with Crippen molar-refractivity contribution in [2.24, 2.45) is 5.73 Å². The number of nitrogens with two attached hydrogens (primary N) is 1. The van der Waals surface area contributed by atoms with Crippen LogP contribution in [0.2, 0.25) is 0 Å². The molecule has 4 heteroatoms. The summed E-state index contributed by atoms with van der Waals surface area (Å²) < 4.78 is 13.8. The highest BCUT2D eigenvalue weighted by Crippen LogP contribution is 2.19. The Morgan fingerprint density at radius 1 is 1.00 bits per heavy atom. The van der Waals surface area contributed by atoms with Gasteiger partial charge < -0.3 is 15.7 Å². The predicted octanol–water partition coefficient (Wildman–Crippen LogP) is 2.53. The maximum absolute atomic E-state index is 13.8. The molecule has 1 aromatic carbocycles. The van der Waals surface area contributed by atoms with Crippen LogP contribution in [-0.2, 0) is 0 Å². The molecule has 0 aliphatic heterocycles. The van der Waals surface area contributed by atoms with E-state index < -0.39 is 0 Å². The van der Waals surface area contributed by atoms with E-state index in [1.54, 1.807) is 6.07 Å². The van der Waals surface area contributed by atoms with Crippen LogP contribution in [0.15, 0.2) is 24.3 Å². The molecule has 3 nitrogen and oxygen atoms in total. The van der Waals surface area contributed by atoms with Crippen LogP contribution in [0.1, 0.15) is 32.1 Å². The van der Waals surface area contributed by atoms with Crippen molar-refractivity contribution in [3.8, 4) is 0 Å². The number of nitrogens with zero attached hydrogens (tertiary/aromatic N) is 1. The van der Waals surface area contributed by atoms with Gasteiger partial charge in [0.05, 0.1) is 5.69 Å². The molecule has 0 heterocycles. The van der Waals surface area contributed by atoms with Crippen LogP contribution in [0.4, 0.5) is 10.1 Å². The van der Waals surface area contributed by atoms with Gasteiger partial charge in [-0.15, -0.1) is 0 Å². The molecule has 0 aliphatic rings. The van der Waals surface area contributed by atoms with Crippen LogP contribution < -0.4 is 10.6 Å². The van der Waals surface area contributed by atoms with Crippen molar-refractivity contribution < 1.29 is 9.50 Å². The highest BCUT2D eigenvalue weighted by molar-refractivity contribution is 5.47. The second-order valence-corrected chi connectivity index (χ2v) is 4.72. The number of benzene rings is 1. The van der Waals surface area contributed by atoms with Gasteiger partial charge in [0.25, 0.3) is 0 Å². The van der Waals surface area contributed by atoms with Crippen molar-refractivity contribution in [3.05, 3.63) is 30.1 Å². The Bertz CT molecular complexity index is 347. The molecule has 108 valence electrons. The van der Waals surface area contributed by atoms with Gasteiger partial charge in [-0.2, -0.15) is 0 Å². The zero-order chi connectivity index (χ0) is 13.9. The molecule has 0 unspecified atom stereocenters. The summed E-state index contributed by atoms with van der Waals surface area (Å²) >= 11 is 0. The van der Waals surface area contributed by atoms with E-state index in [-0.39, 0.29) is 12.4 Å². The number of unbranched alkanes of at least 4 members (excludes halogenated alkanes) is 3. The summed E-state index contributed by atoms with van der Waals surface area (Å²) in [7, 11) is 0. The van der Waals surface area contributed by atoms with E-state index in [2.05, 4.69) is 4.90 Å². The molecular weight excluding hydrogens is 243 g/mol. The third kappa shape index (κ3) is 6.03. The number of hydrogen-bond acceptors (Lipinski definition) is 3. The largest absolute Gasteiger partial charge is 0.396 e. The number of halogens is 1. The number of anilines is 1. The Morgan fingerprint density at radius 3 is 2.37 bits per heavy atom. The van der Waals surface area contributed by atoms with Gasteiger partial charge in [-0.3, -0.25) is 0 Å². The van der Waals surface area contributed by atoms with E-state index in [1.807, 2.05) is 12.1 Å². The van der Waals surface area contributed by atoms with Crippen molar-refractivity contribution in [3.63, 3.8) is 0 Å². The van der Waals surface area contributed by atoms with Gasteiger partial charge in [-0.25, -0.2) is 4.39 Å². The van der Waals surface area contributed by atoms with Gasteiger partial charge in [0.15, 0.2) is 0 Å². The number of rotatable bonds is 10. The first kappa shape index (κ1) is 15.9. The molecule has 0 saturated heterocycles. The normalized spacial score (nSPS) is 10.7. The number of para-hydroxylation sites is 1. The predicted molar refractivity (Wildman–Crippen MR) is 77.8 cm³/mol. The van der Waals surface area contributed by atoms with Crippen LogP contribution in [0.25, 0.3) is 0 Å². The molecule has 0 radical (unpaired) electrons. The SMILES string of the molecule is NCCCN(CCCCCCO)c1ccccc1F. The molecule has 1 aromatic rings. The highest BCUT2D eigenvalue weighted by atomic mass is 19.1. The lowest BCUT2D eigenvalue weighted by Crippen LogP contribution is -2.28. The van der Waals surface area contributed by atoms with Crippen molar-refractivity contribution in [1.82, 2.24) is 0 Å². The molecule has 0 aromatic heterocycles. The summed E-state index contributed by atoms with van der Waals surface area (Å²) in [6.45, 7) is 2.50. The molecule has 0 bridgehead atoms. The van der Waals surface area contributed by atoms with Crippen molar-refractivity contribution in [2.45, 2.75) is 32.1 Å². The minimum Gasteiger partial charge on any atom is -0.396 e. The highest BCUT2D eigenvalue weighted by Gasteiger charge is 2.10. The Labute approximate surface area is 115 Å². The molecule has 0 atom stereocenters. The van der Waals surface area contributed by atoms with Gasteiger partial charge in [0.2, 0.25) is 0 Å². The summed E-state index contributed by atoms with van der Waals surface area (Å²) in [5.41, 5.74) is 6.20. The molecular formula is C15H25FN2O. The van der Waals surface area contributed by atoms with Crippen LogP contribution in [-0.4, -0.2) is 31.3 Å². The van der Waals surface area contributed by atoms with E-state index in [0.29, 0.717) is 12.2 Å². The second kappa shape index (κ2) is 9.75. The molecule has 19 heavy (non-hydrogen) atoms. The zero-order valence-corrected chi connectivity index (χ0v) is 11.5. The standard InChI is InChI=1S/C15H25FN2O/c16-14-8-3-4-9-15(14)18(12-7-10-17)11-5-1-2-6-13-19/h3-4,8-9,19H,1-2,5-7,10-13,17H2. The zero-order valence-electron chi connectivity index (χ0n) is 11.5. The average Bonchev–Trinajstić information content (AvgIpc) is 2.43. The van der Waals surface area contributed by atoms with Crippen molar-refractivity contribution in [2.75, 3.05) is 31.1 Å². The summed E-state index contributed by atoms with van der Waals surface area (Å²) in [5.74, 6) is -0.171. The first-order valence-electron chi connectivity index (χ1n) is 7.10. The Hall–Kier alpha value is -1.13. The lowest BCUT2D eigenvalue weighted by atomic mass is 10.1. The molecule has 0 amide bonds. The number of aliphatic hydroxyl groups is 1. The third-order valence-electron chi connectivity index (χ3n) is 3.16. The second-order valence-electron chi connectivity index (χ2n) is 4.72. The molecule has 1 rings (SSSR count). The molecule has 0 aliphatic carbocycles. The Kier molecular flexibility index (Phi) is 8.18. The summed E-state index contributed by atoms with van der Waals surface area (Å²) in [6.07, 6.45) is 4.82. The van der Waals surface area contributed by atoms with E-state index in [9.17, 15) is 4.39 Å². The van der Waals surface area contributed by atoms with Gasteiger partial charge in [-0.05, 0) is 37.9 Å². The van der Waals surface area contributed by atoms with Gasteiger partial charge in [0, 0.05) is 19.7 Å². The molecule has 0 spiro atoms. The first-order valence-corrected chi connectivity index (χ1v) is 7.10. The maximum atomic E-state index is 13.8. The van der Waals surface area contributed by atoms with Crippen LogP contribution >= 0.6 is 0 Å². The molecule has 3 N–H and O–H groups in total. The number of hydrogen-bond donors (Lipinski definition) is 2. The fourth-order valence-electron chi connectivity index (χ4n) is 2.11. The quantitative estimate of drug-likeness (QED) is 0.641. The third-order valence-corrected chi connectivity index (χ3v) is 3.16. The van der Waals surface area contributed by atoms with Gasteiger partial charge >= 0.3 is 0 Å². The van der Waals surface area contributed by atoms with Crippen LogP contribution in [0.5, 0.6) is 0 Å².